The van der Waals surface area contributed by atoms with E-state index in [9.17, 15) is 0 Å². The van der Waals surface area contributed by atoms with Gasteiger partial charge in [0.25, 0.3) is 6.01 Å². The number of nitrogens with zero attached hydrogens (tertiary/aromatic N) is 1. The number of anilines is 1. The average Bonchev–Trinajstić information content (AvgIpc) is 3.00. The molecule has 2 atom stereocenters. The van der Waals surface area contributed by atoms with Crippen molar-refractivity contribution in [2.45, 2.75) is 17.8 Å². The van der Waals surface area contributed by atoms with Crippen LogP contribution in [0.4, 0.5) is 6.01 Å². The Morgan fingerprint density at radius 2 is 1.90 bits per heavy atom. The molecule has 3 nitrogen and oxygen atoms in total. The Bertz CT molecular complexity index is 735. The minimum absolute atomic E-state index is 0.0161. The Kier molecular flexibility index (Phi) is 2.67. The Morgan fingerprint density at radius 1 is 1.10 bits per heavy atom. The van der Waals surface area contributed by atoms with Crippen LogP contribution in [0.3, 0.4) is 0 Å². The number of nitrogens with one attached hydrogen (secondary N) is 1. The molecule has 0 radical (unpaired) electrons. The van der Waals surface area contributed by atoms with Gasteiger partial charge in [0.05, 0.1) is 11.4 Å². The third kappa shape index (κ3) is 1.86. The van der Waals surface area contributed by atoms with E-state index in [2.05, 4.69) is 22.4 Å². The van der Waals surface area contributed by atoms with E-state index in [0.717, 1.165) is 17.5 Å². The Labute approximate surface area is 121 Å². The van der Waals surface area contributed by atoms with Crippen molar-refractivity contribution < 1.29 is 4.42 Å². The summed E-state index contributed by atoms with van der Waals surface area (Å²) in [5.74, 6) is 0. The molecule has 0 fully saturated rings. The summed E-state index contributed by atoms with van der Waals surface area (Å²) in [5.41, 5.74) is 4.16. The van der Waals surface area contributed by atoms with Gasteiger partial charge in [-0.2, -0.15) is 4.98 Å². The van der Waals surface area contributed by atoms with Crippen LogP contribution >= 0.6 is 11.6 Å². The molecule has 100 valence electrons. The van der Waals surface area contributed by atoms with Crippen LogP contribution in [0.5, 0.6) is 0 Å². The molecule has 0 saturated heterocycles. The predicted molar refractivity (Wildman–Crippen MR) is 80.2 cm³/mol. The smallest absolute Gasteiger partial charge is 0.296 e. The first-order valence-electron chi connectivity index (χ1n) is 6.65. The molecule has 3 aromatic rings. The van der Waals surface area contributed by atoms with Crippen LogP contribution < -0.4 is 5.32 Å². The molecule has 0 bridgehead atoms. The van der Waals surface area contributed by atoms with Gasteiger partial charge in [0.15, 0.2) is 5.58 Å². The fourth-order valence-electron chi connectivity index (χ4n) is 2.78. The SMILES string of the molecule is ClC1Cc2ccccc2C1Nc1nc2ccccc2o1. The number of alkyl halides is 1. The van der Waals surface area contributed by atoms with Gasteiger partial charge in [0.1, 0.15) is 5.52 Å². The Hall–Kier alpha value is -2.00. The average molecular weight is 285 g/mol. The molecule has 0 amide bonds. The van der Waals surface area contributed by atoms with Gasteiger partial charge in [-0.25, -0.2) is 0 Å². The van der Waals surface area contributed by atoms with E-state index >= 15 is 0 Å². The fourth-order valence-corrected chi connectivity index (χ4v) is 3.15. The van der Waals surface area contributed by atoms with E-state index in [1.807, 2.05) is 36.4 Å². The highest BCUT2D eigenvalue weighted by Crippen LogP contribution is 2.37. The molecule has 1 heterocycles. The van der Waals surface area contributed by atoms with Crippen LogP contribution in [-0.2, 0) is 6.42 Å². The van der Waals surface area contributed by atoms with Crippen LogP contribution in [0.15, 0.2) is 52.9 Å². The van der Waals surface area contributed by atoms with Crippen molar-refractivity contribution in [2.75, 3.05) is 5.32 Å². The Morgan fingerprint density at radius 3 is 2.80 bits per heavy atom. The number of hydrogen-bond donors (Lipinski definition) is 1. The minimum Gasteiger partial charge on any atom is -0.424 e. The lowest BCUT2D eigenvalue weighted by molar-refractivity contribution is 0.597. The van der Waals surface area contributed by atoms with E-state index in [1.165, 1.54) is 11.1 Å². The van der Waals surface area contributed by atoms with Gasteiger partial charge >= 0.3 is 0 Å². The van der Waals surface area contributed by atoms with Crippen molar-refractivity contribution in [1.29, 1.82) is 0 Å². The van der Waals surface area contributed by atoms with Gasteiger partial charge in [-0.05, 0) is 29.7 Å². The molecular formula is C16H13ClN2O. The maximum absolute atomic E-state index is 6.46. The summed E-state index contributed by atoms with van der Waals surface area (Å²) < 4.78 is 5.71. The Balaban J connectivity index is 1.68. The first-order chi connectivity index (χ1) is 9.81. The highest BCUT2D eigenvalue weighted by atomic mass is 35.5. The zero-order chi connectivity index (χ0) is 13.5. The number of fused-ring (bicyclic) bond motifs is 2. The van der Waals surface area contributed by atoms with Gasteiger partial charge in [-0.15, -0.1) is 11.6 Å². The van der Waals surface area contributed by atoms with Gasteiger partial charge in [0, 0.05) is 0 Å². The molecule has 4 heteroatoms. The standard InChI is InChI=1S/C16H13ClN2O/c17-12-9-10-5-1-2-6-11(10)15(12)19-16-18-13-7-3-4-8-14(13)20-16/h1-8,12,15H,9H2,(H,18,19). The summed E-state index contributed by atoms with van der Waals surface area (Å²) in [4.78, 5) is 4.45. The number of hydrogen-bond acceptors (Lipinski definition) is 3. The number of oxazole rings is 1. The lowest BCUT2D eigenvalue weighted by Gasteiger charge is -2.15. The fraction of sp³-hybridized carbons (Fsp3) is 0.188. The summed E-state index contributed by atoms with van der Waals surface area (Å²) in [5, 5.41) is 3.34. The second kappa shape index (κ2) is 4.53. The van der Waals surface area contributed by atoms with Crippen LogP contribution in [0.1, 0.15) is 17.2 Å². The molecule has 0 aliphatic heterocycles. The van der Waals surface area contributed by atoms with Crippen LogP contribution in [-0.4, -0.2) is 10.4 Å². The number of halogens is 1. The van der Waals surface area contributed by atoms with Crippen molar-refractivity contribution in [3.63, 3.8) is 0 Å². The molecule has 2 aromatic carbocycles. The van der Waals surface area contributed by atoms with Gasteiger partial charge in [-0.1, -0.05) is 36.4 Å². The molecular weight excluding hydrogens is 272 g/mol. The summed E-state index contributed by atoms with van der Waals surface area (Å²) in [6.07, 6.45) is 0.871. The minimum atomic E-state index is 0.0161. The monoisotopic (exact) mass is 284 g/mol. The van der Waals surface area contributed by atoms with Crippen LogP contribution in [0, 0.1) is 0 Å². The van der Waals surface area contributed by atoms with Gasteiger partial charge in [-0.3, -0.25) is 0 Å². The molecule has 0 spiro atoms. The van der Waals surface area contributed by atoms with Crippen LogP contribution in [0.2, 0.25) is 0 Å². The molecule has 20 heavy (non-hydrogen) atoms. The zero-order valence-electron chi connectivity index (χ0n) is 10.7. The second-order valence-electron chi connectivity index (χ2n) is 5.03. The molecule has 2 unspecified atom stereocenters. The molecule has 0 saturated carbocycles. The quantitative estimate of drug-likeness (QED) is 0.719. The third-order valence-corrected chi connectivity index (χ3v) is 4.15. The van der Waals surface area contributed by atoms with Crippen molar-refractivity contribution in [3.05, 3.63) is 59.7 Å². The molecule has 4 rings (SSSR count). The van der Waals surface area contributed by atoms with Gasteiger partial charge < -0.3 is 9.73 Å². The summed E-state index contributed by atoms with van der Waals surface area (Å²) in [6.45, 7) is 0. The van der Waals surface area contributed by atoms with Crippen molar-refractivity contribution in [1.82, 2.24) is 4.98 Å². The summed E-state index contributed by atoms with van der Waals surface area (Å²) in [7, 11) is 0. The number of aromatic nitrogens is 1. The zero-order valence-corrected chi connectivity index (χ0v) is 11.5. The summed E-state index contributed by atoms with van der Waals surface area (Å²) in [6, 6.07) is 16.6. The van der Waals surface area contributed by atoms with Crippen molar-refractivity contribution >= 4 is 28.7 Å². The highest BCUT2D eigenvalue weighted by molar-refractivity contribution is 6.21. The molecule has 1 aliphatic carbocycles. The van der Waals surface area contributed by atoms with E-state index in [1.54, 1.807) is 0 Å². The van der Waals surface area contributed by atoms with Crippen molar-refractivity contribution in [2.24, 2.45) is 0 Å². The summed E-state index contributed by atoms with van der Waals surface area (Å²) >= 11 is 6.46. The molecule has 1 N–H and O–H groups in total. The second-order valence-corrected chi connectivity index (χ2v) is 5.59. The largest absolute Gasteiger partial charge is 0.424 e. The topological polar surface area (TPSA) is 38.1 Å². The van der Waals surface area contributed by atoms with Crippen molar-refractivity contribution in [3.8, 4) is 0 Å². The highest BCUT2D eigenvalue weighted by Gasteiger charge is 2.31. The molecule has 1 aliphatic rings. The van der Waals surface area contributed by atoms with E-state index < -0.39 is 0 Å². The number of para-hydroxylation sites is 2. The predicted octanol–water partition coefficient (Wildman–Crippen LogP) is 4.14. The lowest BCUT2D eigenvalue weighted by Crippen LogP contribution is -2.16. The number of rotatable bonds is 2. The van der Waals surface area contributed by atoms with E-state index in [-0.39, 0.29) is 11.4 Å². The van der Waals surface area contributed by atoms with E-state index in [0.29, 0.717) is 6.01 Å². The maximum Gasteiger partial charge on any atom is 0.296 e. The number of benzene rings is 2. The lowest BCUT2D eigenvalue weighted by atomic mass is 10.1. The molecule has 1 aromatic heterocycles. The maximum atomic E-state index is 6.46. The normalized spacial score (nSPS) is 21.1. The van der Waals surface area contributed by atoms with Crippen LogP contribution in [0.25, 0.3) is 11.1 Å². The first-order valence-corrected chi connectivity index (χ1v) is 7.09. The van der Waals surface area contributed by atoms with E-state index in [4.69, 9.17) is 16.0 Å². The van der Waals surface area contributed by atoms with Gasteiger partial charge in [0.2, 0.25) is 0 Å². The first kappa shape index (κ1) is 11.8. The third-order valence-electron chi connectivity index (χ3n) is 3.74.